The van der Waals surface area contributed by atoms with Gasteiger partial charge >= 0.3 is 0 Å². The number of halogens is 1. The van der Waals surface area contributed by atoms with Crippen molar-refractivity contribution >= 4 is 33.2 Å². The number of carbonyl (C=O) groups is 1. The van der Waals surface area contributed by atoms with Gasteiger partial charge in [-0.05, 0) is 12.1 Å². The second kappa shape index (κ2) is 5.59. The van der Waals surface area contributed by atoms with E-state index >= 15 is 0 Å². The number of rotatable bonds is 2. The van der Waals surface area contributed by atoms with Crippen LogP contribution in [0.3, 0.4) is 0 Å². The van der Waals surface area contributed by atoms with E-state index in [1.807, 2.05) is 0 Å². The number of sulfonamides is 1. The molecule has 2 rings (SSSR count). The number of hydrogen-bond donors (Lipinski definition) is 1. The summed E-state index contributed by atoms with van der Waals surface area (Å²) in [5.41, 5.74) is 6.39. The van der Waals surface area contributed by atoms with Gasteiger partial charge in [0.15, 0.2) is 0 Å². The first-order valence-corrected chi connectivity index (χ1v) is 8.31. The van der Waals surface area contributed by atoms with E-state index in [2.05, 4.69) is 0 Å². The highest BCUT2D eigenvalue weighted by Crippen LogP contribution is 2.24. The van der Waals surface area contributed by atoms with Crippen molar-refractivity contribution in [3.8, 4) is 0 Å². The lowest BCUT2D eigenvalue weighted by Gasteiger charge is -2.33. The van der Waals surface area contributed by atoms with Gasteiger partial charge in [0.25, 0.3) is 5.91 Å². The lowest BCUT2D eigenvalue weighted by atomic mass is 10.1. The molecule has 0 radical (unpaired) electrons. The summed E-state index contributed by atoms with van der Waals surface area (Å²) in [6.45, 7) is 1.23. The average Bonchev–Trinajstić information content (AvgIpc) is 2.37. The predicted molar refractivity (Wildman–Crippen MR) is 78.2 cm³/mol. The topological polar surface area (TPSA) is 83.7 Å². The third-order valence-electron chi connectivity index (χ3n) is 3.25. The first-order valence-electron chi connectivity index (χ1n) is 6.09. The van der Waals surface area contributed by atoms with Crippen LogP contribution in [0.2, 0.25) is 5.02 Å². The second-order valence-electron chi connectivity index (χ2n) is 4.66. The normalized spacial score (nSPS) is 17.2. The fourth-order valence-electron chi connectivity index (χ4n) is 2.15. The molecule has 1 aliphatic rings. The summed E-state index contributed by atoms with van der Waals surface area (Å²) < 4.78 is 24.2. The average molecular weight is 318 g/mol. The molecule has 8 heteroatoms. The van der Waals surface area contributed by atoms with Crippen LogP contribution in [0.4, 0.5) is 5.69 Å². The number of hydrogen-bond acceptors (Lipinski definition) is 4. The monoisotopic (exact) mass is 317 g/mol. The van der Waals surface area contributed by atoms with E-state index in [9.17, 15) is 13.2 Å². The van der Waals surface area contributed by atoms with Crippen LogP contribution in [-0.2, 0) is 10.0 Å². The molecule has 1 aliphatic heterocycles. The highest BCUT2D eigenvalue weighted by atomic mass is 35.5. The first kappa shape index (κ1) is 15.1. The van der Waals surface area contributed by atoms with Crippen molar-refractivity contribution in [3.05, 3.63) is 28.8 Å². The summed E-state index contributed by atoms with van der Waals surface area (Å²) >= 11 is 6.01. The number of anilines is 1. The molecule has 0 atom stereocenters. The maximum Gasteiger partial charge on any atom is 0.257 e. The van der Waals surface area contributed by atoms with Gasteiger partial charge in [0, 0.05) is 31.9 Å². The van der Waals surface area contributed by atoms with Crippen LogP contribution in [0, 0.1) is 0 Å². The van der Waals surface area contributed by atoms with Crippen molar-refractivity contribution in [3.63, 3.8) is 0 Å². The lowest BCUT2D eigenvalue weighted by Crippen LogP contribution is -2.50. The van der Waals surface area contributed by atoms with Crippen molar-refractivity contribution < 1.29 is 13.2 Å². The summed E-state index contributed by atoms with van der Waals surface area (Å²) in [7, 11) is -3.21. The maximum absolute atomic E-state index is 12.4. The molecule has 6 nitrogen and oxygen atoms in total. The molecule has 1 heterocycles. The molecule has 0 unspecified atom stereocenters. The number of amides is 1. The van der Waals surface area contributed by atoms with Crippen LogP contribution in [0.5, 0.6) is 0 Å². The predicted octanol–water partition coefficient (Wildman–Crippen LogP) is 0.640. The molecule has 1 amide bonds. The Bertz CT molecular complexity index is 605. The number of carbonyl (C=O) groups excluding carboxylic acids is 1. The number of nitrogens with zero attached hydrogens (tertiary/aromatic N) is 2. The molecule has 1 saturated heterocycles. The molecular formula is C12H16ClN3O3S. The minimum atomic E-state index is -3.21. The second-order valence-corrected chi connectivity index (χ2v) is 7.05. The van der Waals surface area contributed by atoms with Crippen LogP contribution < -0.4 is 5.73 Å². The van der Waals surface area contributed by atoms with Crippen molar-refractivity contribution in [2.24, 2.45) is 0 Å². The Kier molecular flexibility index (Phi) is 4.22. The first-order chi connectivity index (χ1) is 9.30. The third-order valence-corrected chi connectivity index (χ3v) is 4.87. The Morgan fingerprint density at radius 3 is 2.35 bits per heavy atom. The van der Waals surface area contributed by atoms with E-state index in [-0.39, 0.29) is 24.6 Å². The molecule has 20 heavy (non-hydrogen) atoms. The molecule has 1 aromatic rings. The number of nitrogen functional groups attached to an aromatic ring is 1. The quantitative estimate of drug-likeness (QED) is 0.811. The molecule has 0 bridgehead atoms. The standard InChI is InChI=1S/C12H16ClN3O3S/c1-20(18,19)16-7-5-15(6-8-16)12(17)11-9(13)3-2-4-10(11)14/h2-4H,5-8,14H2,1H3. The smallest absolute Gasteiger partial charge is 0.257 e. The molecule has 0 saturated carbocycles. The van der Waals surface area contributed by atoms with Gasteiger partial charge < -0.3 is 10.6 Å². The fourth-order valence-corrected chi connectivity index (χ4v) is 3.24. The van der Waals surface area contributed by atoms with Gasteiger partial charge in [0.05, 0.1) is 16.8 Å². The van der Waals surface area contributed by atoms with E-state index < -0.39 is 10.0 Å². The van der Waals surface area contributed by atoms with Gasteiger partial charge in [-0.15, -0.1) is 0 Å². The third kappa shape index (κ3) is 3.05. The van der Waals surface area contributed by atoms with Crippen molar-refractivity contribution in [2.45, 2.75) is 0 Å². The zero-order chi connectivity index (χ0) is 14.9. The Labute approximate surface area is 123 Å². The largest absolute Gasteiger partial charge is 0.398 e. The molecule has 110 valence electrons. The van der Waals surface area contributed by atoms with Gasteiger partial charge in [0.1, 0.15) is 0 Å². The van der Waals surface area contributed by atoms with Crippen molar-refractivity contribution in [1.29, 1.82) is 0 Å². The minimum Gasteiger partial charge on any atom is -0.398 e. The zero-order valence-electron chi connectivity index (χ0n) is 11.0. The van der Waals surface area contributed by atoms with Crippen molar-refractivity contribution in [1.82, 2.24) is 9.21 Å². The fraction of sp³-hybridized carbons (Fsp3) is 0.417. The van der Waals surface area contributed by atoms with Gasteiger partial charge in [-0.1, -0.05) is 17.7 Å². The van der Waals surface area contributed by atoms with Gasteiger partial charge in [-0.3, -0.25) is 4.79 Å². The summed E-state index contributed by atoms with van der Waals surface area (Å²) in [5, 5.41) is 0.306. The molecule has 0 aliphatic carbocycles. The van der Waals surface area contributed by atoms with E-state index in [4.69, 9.17) is 17.3 Å². The zero-order valence-corrected chi connectivity index (χ0v) is 12.6. The molecule has 2 N–H and O–H groups in total. The maximum atomic E-state index is 12.4. The number of benzene rings is 1. The Morgan fingerprint density at radius 2 is 1.85 bits per heavy atom. The summed E-state index contributed by atoms with van der Waals surface area (Å²) in [5.74, 6) is -0.263. The Morgan fingerprint density at radius 1 is 1.25 bits per heavy atom. The molecule has 0 aromatic heterocycles. The molecule has 1 aromatic carbocycles. The highest BCUT2D eigenvalue weighted by Gasteiger charge is 2.28. The van der Waals surface area contributed by atoms with Crippen molar-refractivity contribution in [2.75, 3.05) is 38.2 Å². The SMILES string of the molecule is CS(=O)(=O)N1CCN(C(=O)c2c(N)cccc2Cl)CC1. The lowest BCUT2D eigenvalue weighted by molar-refractivity contribution is 0.0699. The van der Waals surface area contributed by atoms with Crippen LogP contribution >= 0.6 is 11.6 Å². The summed E-state index contributed by atoms with van der Waals surface area (Å²) in [6, 6.07) is 4.90. The summed E-state index contributed by atoms with van der Waals surface area (Å²) in [4.78, 5) is 14.0. The van der Waals surface area contributed by atoms with E-state index in [1.54, 1.807) is 23.1 Å². The number of piperazine rings is 1. The van der Waals surface area contributed by atoms with Gasteiger partial charge in [0.2, 0.25) is 10.0 Å². The van der Waals surface area contributed by atoms with E-state index in [0.29, 0.717) is 23.8 Å². The van der Waals surface area contributed by atoms with E-state index in [0.717, 1.165) is 6.26 Å². The van der Waals surface area contributed by atoms with E-state index in [1.165, 1.54) is 4.31 Å². The van der Waals surface area contributed by atoms with Crippen LogP contribution in [0.1, 0.15) is 10.4 Å². The van der Waals surface area contributed by atoms with Crippen LogP contribution in [0.25, 0.3) is 0 Å². The molecular weight excluding hydrogens is 302 g/mol. The highest BCUT2D eigenvalue weighted by molar-refractivity contribution is 7.88. The Balaban J connectivity index is 2.13. The van der Waals surface area contributed by atoms with Gasteiger partial charge in [-0.2, -0.15) is 4.31 Å². The summed E-state index contributed by atoms with van der Waals surface area (Å²) in [6.07, 6.45) is 1.16. The minimum absolute atomic E-state index is 0.263. The molecule has 0 spiro atoms. The van der Waals surface area contributed by atoms with Gasteiger partial charge in [-0.25, -0.2) is 8.42 Å². The van der Waals surface area contributed by atoms with Crippen LogP contribution in [-0.4, -0.2) is 56.0 Å². The Hall–Kier alpha value is -1.31. The van der Waals surface area contributed by atoms with Crippen LogP contribution in [0.15, 0.2) is 18.2 Å². The number of nitrogens with two attached hydrogens (primary N) is 1. The molecule has 1 fully saturated rings.